The van der Waals surface area contributed by atoms with Crippen molar-refractivity contribution in [2.75, 3.05) is 0 Å². The van der Waals surface area contributed by atoms with Crippen LogP contribution in [0.25, 0.3) is 10.9 Å². The van der Waals surface area contributed by atoms with E-state index in [1.54, 1.807) is 18.3 Å². The van der Waals surface area contributed by atoms with Crippen molar-refractivity contribution in [1.29, 1.82) is 0 Å². The predicted molar refractivity (Wildman–Crippen MR) is 48.1 cm³/mol. The fraction of sp³-hybridized carbons (Fsp3) is 0. The number of aromatic nitrogens is 2. The van der Waals surface area contributed by atoms with Gasteiger partial charge in [-0.1, -0.05) is 12.1 Å². The van der Waals surface area contributed by atoms with Gasteiger partial charge in [0.2, 0.25) is 0 Å². The Bertz CT molecular complexity index is 358. The summed E-state index contributed by atoms with van der Waals surface area (Å²) >= 11 is 0. The smallest absolute Gasteiger partial charge is 0.141 e. The minimum Gasteiger partial charge on any atom is -0.506 e. The fourth-order valence-corrected chi connectivity index (χ4v) is 0.953. The molecule has 0 saturated carbocycles. The number of hydrogen-bond acceptors (Lipinski definition) is 2. The van der Waals surface area contributed by atoms with Crippen LogP contribution in [0.3, 0.4) is 0 Å². The summed E-state index contributed by atoms with van der Waals surface area (Å²) < 4.78 is 0. The van der Waals surface area contributed by atoms with Crippen LogP contribution >= 0.6 is 17.0 Å². The number of phenolic OH excluding ortho intramolecular Hbond substituents is 1. The van der Waals surface area contributed by atoms with Gasteiger partial charge >= 0.3 is 0 Å². The van der Waals surface area contributed by atoms with Crippen LogP contribution in [-0.4, -0.2) is 15.3 Å². The lowest BCUT2D eigenvalue weighted by Crippen LogP contribution is -1.68. The van der Waals surface area contributed by atoms with Gasteiger partial charge in [-0.25, -0.2) is 0 Å². The van der Waals surface area contributed by atoms with Gasteiger partial charge < -0.3 is 5.11 Å². The maximum atomic E-state index is 9.19. The number of H-pyrrole nitrogens is 1. The topological polar surface area (TPSA) is 48.9 Å². The van der Waals surface area contributed by atoms with Gasteiger partial charge in [-0.3, -0.25) is 5.10 Å². The van der Waals surface area contributed by atoms with Crippen molar-refractivity contribution < 1.29 is 5.11 Å². The Morgan fingerprint density at radius 3 is 2.91 bits per heavy atom. The van der Waals surface area contributed by atoms with Crippen LogP contribution < -0.4 is 0 Å². The molecule has 0 spiro atoms. The zero-order valence-electron chi connectivity index (χ0n) is 5.61. The largest absolute Gasteiger partial charge is 0.506 e. The molecule has 3 nitrogen and oxygen atoms in total. The maximum Gasteiger partial charge on any atom is 0.141 e. The van der Waals surface area contributed by atoms with Crippen molar-refractivity contribution in [2.24, 2.45) is 0 Å². The molecule has 2 rings (SSSR count). The molecule has 1 aromatic heterocycles. The average molecular weight is 215 g/mol. The van der Waals surface area contributed by atoms with E-state index in [0.29, 0.717) is 5.52 Å². The van der Waals surface area contributed by atoms with Gasteiger partial charge in [0, 0.05) is 5.39 Å². The molecule has 0 aliphatic carbocycles. The SMILES string of the molecule is Br.Oc1cccc2cn[nH]c12. The molecule has 0 aliphatic rings. The van der Waals surface area contributed by atoms with Crippen molar-refractivity contribution >= 4 is 27.9 Å². The number of phenols is 1. The summed E-state index contributed by atoms with van der Waals surface area (Å²) in [6.07, 6.45) is 1.68. The summed E-state index contributed by atoms with van der Waals surface area (Å²) in [5, 5.41) is 16.6. The number of para-hydroxylation sites is 1. The van der Waals surface area contributed by atoms with Gasteiger partial charge in [0.15, 0.2) is 0 Å². The second kappa shape index (κ2) is 2.92. The molecule has 0 saturated heterocycles. The third kappa shape index (κ3) is 1.21. The molecule has 2 N–H and O–H groups in total. The molecule has 4 heteroatoms. The molecule has 0 bridgehead atoms. The van der Waals surface area contributed by atoms with Crippen LogP contribution in [0, 0.1) is 0 Å². The standard InChI is InChI=1S/C7H6N2O.BrH/c10-6-3-1-2-5-4-8-9-7(5)6;/h1-4,10H,(H,8,9);1H. The van der Waals surface area contributed by atoms with Crippen molar-refractivity contribution in [1.82, 2.24) is 10.2 Å². The molecule has 58 valence electrons. The van der Waals surface area contributed by atoms with Crippen LogP contribution in [0.1, 0.15) is 0 Å². The quantitative estimate of drug-likeness (QED) is 0.704. The van der Waals surface area contributed by atoms with Crippen molar-refractivity contribution in [3.63, 3.8) is 0 Å². The highest BCUT2D eigenvalue weighted by molar-refractivity contribution is 8.93. The molecule has 11 heavy (non-hydrogen) atoms. The van der Waals surface area contributed by atoms with E-state index in [9.17, 15) is 5.11 Å². The van der Waals surface area contributed by atoms with Crippen LogP contribution in [0.4, 0.5) is 0 Å². The van der Waals surface area contributed by atoms with Gasteiger partial charge in [-0.15, -0.1) is 17.0 Å². The second-order valence-electron chi connectivity index (χ2n) is 2.11. The van der Waals surface area contributed by atoms with E-state index in [1.165, 1.54) is 0 Å². The molecular formula is C7H7BrN2O. The summed E-state index contributed by atoms with van der Waals surface area (Å²) in [5.41, 5.74) is 0.697. The Morgan fingerprint density at radius 1 is 1.36 bits per heavy atom. The molecule has 0 unspecified atom stereocenters. The summed E-state index contributed by atoms with van der Waals surface area (Å²) in [4.78, 5) is 0. The van der Waals surface area contributed by atoms with E-state index in [2.05, 4.69) is 10.2 Å². The van der Waals surface area contributed by atoms with Crippen LogP contribution in [-0.2, 0) is 0 Å². The number of hydrogen-bond donors (Lipinski definition) is 2. The lowest BCUT2D eigenvalue weighted by molar-refractivity contribution is 0.480. The molecule has 1 heterocycles. The van der Waals surface area contributed by atoms with Crippen molar-refractivity contribution in [3.8, 4) is 5.75 Å². The number of halogens is 1. The highest BCUT2D eigenvalue weighted by Gasteiger charge is 1.97. The summed E-state index contributed by atoms with van der Waals surface area (Å²) in [7, 11) is 0. The minimum absolute atomic E-state index is 0. The predicted octanol–water partition coefficient (Wildman–Crippen LogP) is 1.85. The molecule has 0 amide bonds. The van der Waals surface area contributed by atoms with E-state index in [4.69, 9.17) is 0 Å². The summed E-state index contributed by atoms with van der Waals surface area (Å²) in [6, 6.07) is 5.30. The van der Waals surface area contributed by atoms with Crippen LogP contribution in [0.5, 0.6) is 5.75 Å². The zero-order chi connectivity index (χ0) is 6.97. The summed E-state index contributed by atoms with van der Waals surface area (Å²) in [6.45, 7) is 0. The molecule has 0 radical (unpaired) electrons. The van der Waals surface area contributed by atoms with E-state index in [1.807, 2.05) is 6.07 Å². The molecule has 1 aromatic carbocycles. The average Bonchev–Trinajstić information content (AvgIpc) is 2.36. The van der Waals surface area contributed by atoms with Crippen molar-refractivity contribution in [2.45, 2.75) is 0 Å². The third-order valence-corrected chi connectivity index (χ3v) is 1.45. The van der Waals surface area contributed by atoms with E-state index in [0.717, 1.165) is 5.39 Å². The Morgan fingerprint density at radius 2 is 2.18 bits per heavy atom. The molecule has 0 aliphatic heterocycles. The molecule has 0 atom stereocenters. The van der Waals surface area contributed by atoms with E-state index < -0.39 is 0 Å². The second-order valence-corrected chi connectivity index (χ2v) is 2.11. The fourth-order valence-electron chi connectivity index (χ4n) is 0.953. The lowest BCUT2D eigenvalue weighted by Gasteiger charge is -1.89. The van der Waals surface area contributed by atoms with E-state index >= 15 is 0 Å². The third-order valence-electron chi connectivity index (χ3n) is 1.45. The Hall–Kier alpha value is -1.03. The Kier molecular flexibility index (Phi) is 2.14. The number of aromatic amines is 1. The lowest BCUT2D eigenvalue weighted by atomic mass is 10.2. The first-order valence-electron chi connectivity index (χ1n) is 2.99. The number of nitrogens with zero attached hydrogens (tertiary/aromatic N) is 1. The van der Waals surface area contributed by atoms with Gasteiger partial charge in [-0.05, 0) is 6.07 Å². The van der Waals surface area contributed by atoms with Crippen LogP contribution in [0.2, 0.25) is 0 Å². The maximum absolute atomic E-state index is 9.19. The number of nitrogens with one attached hydrogen (secondary N) is 1. The van der Waals surface area contributed by atoms with Crippen LogP contribution in [0.15, 0.2) is 24.4 Å². The van der Waals surface area contributed by atoms with Gasteiger partial charge in [-0.2, -0.15) is 5.10 Å². The number of rotatable bonds is 0. The first-order chi connectivity index (χ1) is 4.88. The van der Waals surface area contributed by atoms with Gasteiger partial charge in [0.25, 0.3) is 0 Å². The molecule has 0 fully saturated rings. The van der Waals surface area contributed by atoms with Gasteiger partial charge in [0.1, 0.15) is 11.3 Å². The Balaban J connectivity index is 0.000000605. The number of benzene rings is 1. The van der Waals surface area contributed by atoms with Gasteiger partial charge in [0.05, 0.1) is 6.20 Å². The Labute approximate surface area is 73.8 Å². The molecule has 2 aromatic rings. The minimum atomic E-state index is 0. The first-order valence-corrected chi connectivity index (χ1v) is 2.99. The zero-order valence-corrected chi connectivity index (χ0v) is 7.33. The highest BCUT2D eigenvalue weighted by atomic mass is 79.9. The number of fused-ring (bicyclic) bond motifs is 1. The number of aromatic hydroxyl groups is 1. The monoisotopic (exact) mass is 214 g/mol. The first kappa shape index (κ1) is 8.07. The molecular weight excluding hydrogens is 208 g/mol. The van der Waals surface area contributed by atoms with E-state index in [-0.39, 0.29) is 22.7 Å². The van der Waals surface area contributed by atoms with Crippen molar-refractivity contribution in [3.05, 3.63) is 24.4 Å². The summed E-state index contributed by atoms with van der Waals surface area (Å²) in [5.74, 6) is 0.245. The normalized spacial score (nSPS) is 9.45. The highest BCUT2D eigenvalue weighted by Crippen LogP contribution is 2.20.